The van der Waals surface area contributed by atoms with Crippen LogP contribution in [-0.2, 0) is 20.5 Å². The Morgan fingerprint density at radius 3 is 2.59 bits per heavy atom. The maximum absolute atomic E-state index is 13.0. The molecule has 2 aromatic carbocycles. The molecule has 1 atom stereocenters. The average molecular weight is 478 g/mol. The molecule has 0 radical (unpaired) electrons. The maximum Gasteiger partial charge on any atom is 0.416 e. The first kappa shape index (κ1) is 24.6. The molecule has 0 saturated heterocycles. The van der Waals surface area contributed by atoms with E-state index in [1.807, 2.05) is 0 Å². The highest BCUT2D eigenvalue weighted by Gasteiger charge is 2.35. The lowest BCUT2D eigenvalue weighted by molar-refractivity contribution is -0.137. The van der Waals surface area contributed by atoms with Crippen LogP contribution in [0, 0.1) is 0 Å². The Balaban J connectivity index is 1.78. The molecule has 1 unspecified atom stereocenters. The van der Waals surface area contributed by atoms with Crippen molar-refractivity contribution in [1.82, 2.24) is 0 Å². The van der Waals surface area contributed by atoms with Gasteiger partial charge in [-0.25, -0.2) is 4.79 Å². The van der Waals surface area contributed by atoms with Gasteiger partial charge >= 0.3 is 12.1 Å². The summed E-state index contributed by atoms with van der Waals surface area (Å²) in [5, 5.41) is 2.32. The summed E-state index contributed by atoms with van der Waals surface area (Å²) in [6, 6.07) is 6.91. The third-order valence-electron chi connectivity index (χ3n) is 4.84. The number of hydrogen-bond acceptors (Lipinski definition) is 6. The van der Waals surface area contributed by atoms with Gasteiger partial charge in [-0.15, -0.1) is 0 Å². The lowest BCUT2D eigenvalue weighted by Crippen LogP contribution is -2.47. The van der Waals surface area contributed by atoms with E-state index in [0.29, 0.717) is 5.75 Å². The number of nitrogens with one attached hydrogen (secondary N) is 1. The Labute approximate surface area is 192 Å². The molecule has 180 valence electrons. The van der Waals surface area contributed by atoms with Crippen LogP contribution >= 0.6 is 0 Å². The smallest absolute Gasteiger partial charge is 0.416 e. The molecule has 2 aromatic rings. The predicted molar refractivity (Wildman–Crippen MR) is 116 cm³/mol. The number of fused-ring (bicyclic) bond motifs is 1. The molecule has 0 spiro atoms. The Hall–Kier alpha value is -4.02. The van der Waals surface area contributed by atoms with Gasteiger partial charge in [-0.1, -0.05) is 12.7 Å². The molecule has 0 bridgehead atoms. The Kier molecular flexibility index (Phi) is 7.14. The first-order valence-electron chi connectivity index (χ1n) is 10.00. The zero-order chi connectivity index (χ0) is 25.0. The van der Waals surface area contributed by atoms with Gasteiger partial charge < -0.3 is 19.5 Å². The molecule has 0 aromatic heterocycles. The number of carbonyl (C=O) groups is 3. The lowest BCUT2D eigenvalue weighted by atomic mass is 10.1. The SMILES string of the molecule is C=CCOc1ccc(C(=O)OC(C)C(=O)N2CC(=O)Nc3cc(C(F)(F)F)ccc32)cc1OC. The molecule has 34 heavy (non-hydrogen) atoms. The number of halogens is 3. The van der Waals surface area contributed by atoms with Crippen LogP contribution in [0.15, 0.2) is 49.1 Å². The number of carbonyl (C=O) groups excluding carboxylic acids is 3. The minimum absolute atomic E-state index is 0.0610. The van der Waals surface area contributed by atoms with Crippen molar-refractivity contribution in [3.05, 3.63) is 60.2 Å². The summed E-state index contributed by atoms with van der Waals surface area (Å²) in [6.45, 7) is 4.63. The quantitative estimate of drug-likeness (QED) is 0.481. The van der Waals surface area contributed by atoms with Crippen molar-refractivity contribution in [2.24, 2.45) is 0 Å². The molecule has 0 fully saturated rings. The largest absolute Gasteiger partial charge is 0.493 e. The molecule has 1 aliphatic heterocycles. The van der Waals surface area contributed by atoms with E-state index in [1.165, 1.54) is 38.3 Å². The molecule has 11 heteroatoms. The second kappa shape index (κ2) is 9.86. The van der Waals surface area contributed by atoms with Gasteiger partial charge in [0.05, 0.1) is 29.6 Å². The van der Waals surface area contributed by atoms with Crippen LogP contribution in [-0.4, -0.2) is 44.1 Å². The first-order valence-corrected chi connectivity index (χ1v) is 10.00. The second-order valence-electron chi connectivity index (χ2n) is 7.22. The van der Waals surface area contributed by atoms with Crippen LogP contribution in [0.1, 0.15) is 22.8 Å². The summed E-state index contributed by atoms with van der Waals surface area (Å²) >= 11 is 0. The third-order valence-corrected chi connectivity index (χ3v) is 4.84. The fourth-order valence-electron chi connectivity index (χ4n) is 3.22. The van der Waals surface area contributed by atoms with Gasteiger partial charge in [0.2, 0.25) is 5.91 Å². The molecule has 3 rings (SSSR count). The highest BCUT2D eigenvalue weighted by Crippen LogP contribution is 2.37. The Morgan fingerprint density at radius 2 is 1.94 bits per heavy atom. The molecule has 0 aliphatic carbocycles. The van der Waals surface area contributed by atoms with E-state index in [4.69, 9.17) is 14.2 Å². The summed E-state index contributed by atoms with van der Waals surface area (Å²) in [6.07, 6.45) is -4.42. The fraction of sp³-hybridized carbons (Fsp3) is 0.261. The molecule has 1 aliphatic rings. The van der Waals surface area contributed by atoms with Gasteiger partial charge in [0, 0.05) is 0 Å². The minimum atomic E-state index is -4.62. The summed E-state index contributed by atoms with van der Waals surface area (Å²) in [5.41, 5.74) is -1.01. The number of hydrogen-bond donors (Lipinski definition) is 1. The van der Waals surface area contributed by atoms with Crippen LogP contribution in [0.25, 0.3) is 0 Å². The number of anilines is 2. The number of rotatable bonds is 7. The van der Waals surface area contributed by atoms with Gasteiger partial charge in [-0.05, 0) is 43.3 Å². The van der Waals surface area contributed by atoms with E-state index < -0.39 is 42.2 Å². The normalized spacial score (nSPS) is 13.9. The lowest BCUT2D eigenvalue weighted by Gasteiger charge is -2.31. The van der Waals surface area contributed by atoms with Crippen molar-refractivity contribution in [1.29, 1.82) is 0 Å². The van der Waals surface area contributed by atoms with Crippen molar-refractivity contribution >= 4 is 29.2 Å². The maximum atomic E-state index is 13.0. The number of esters is 1. The fourth-order valence-corrected chi connectivity index (χ4v) is 3.22. The monoisotopic (exact) mass is 478 g/mol. The van der Waals surface area contributed by atoms with E-state index in [-0.39, 0.29) is 29.3 Å². The van der Waals surface area contributed by atoms with E-state index >= 15 is 0 Å². The molecule has 8 nitrogen and oxygen atoms in total. The summed E-state index contributed by atoms with van der Waals surface area (Å²) in [4.78, 5) is 38.5. The molecule has 0 saturated carbocycles. The van der Waals surface area contributed by atoms with Crippen LogP contribution in [0.4, 0.5) is 24.5 Å². The minimum Gasteiger partial charge on any atom is -0.493 e. The van der Waals surface area contributed by atoms with Crippen molar-refractivity contribution in [2.75, 3.05) is 30.5 Å². The first-order chi connectivity index (χ1) is 16.0. The van der Waals surface area contributed by atoms with E-state index in [0.717, 1.165) is 23.1 Å². The predicted octanol–water partition coefficient (Wildman–Crippen LogP) is 3.81. The zero-order valence-corrected chi connectivity index (χ0v) is 18.3. The van der Waals surface area contributed by atoms with E-state index in [1.54, 1.807) is 0 Å². The van der Waals surface area contributed by atoms with Crippen LogP contribution < -0.4 is 19.7 Å². The number of ether oxygens (including phenoxy) is 3. The third kappa shape index (κ3) is 5.30. The summed E-state index contributed by atoms with van der Waals surface area (Å²) in [5.74, 6) is -1.67. The number of alkyl halides is 3. The standard InChI is InChI=1S/C23H21F3N2O6/c1-4-9-33-18-8-5-14(10-19(18)32-3)22(31)34-13(2)21(30)28-12-20(29)27-16-11-15(23(24,25)26)6-7-17(16)28/h4-8,10-11,13H,1,9,12H2,2-3H3,(H,27,29). The summed E-state index contributed by atoms with van der Waals surface area (Å²) < 4.78 is 54.9. The van der Waals surface area contributed by atoms with Crippen molar-refractivity contribution in [3.63, 3.8) is 0 Å². The van der Waals surface area contributed by atoms with Gasteiger partial charge in [0.25, 0.3) is 5.91 Å². The van der Waals surface area contributed by atoms with Crippen molar-refractivity contribution < 1.29 is 41.8 Å². The van der Waals surface area contributed by atoms with Gasteiger partial charge in [-0.3, -0.25) is 14.5 Å². The van der Waals surface area contributed by atoms with Crippen molar-refractivity contribution in [3.8, 4) is 11.5 Å². The molecule has 1 heterocycles. The Bertz CT molecular complexity index is 1130. The van der Waals surface area contributed by atoms with Gasteiger partial charge in [-0.2, -0.15) is 13.2 Å². The topological polar surface area (TPSA) is 94.2 Å². The van der Waals surface area contributed by atoms with Crippen LogP contribution in [0.3, 0.4) is 0 Å². The van der Waals surface area contributed by atoms with Crippen molar-refractivity contribution in [2.45, 2.75) is 19.2 Å². The number of benzene rings is 2. The number of amides is 2. The number of nitrogens with zero attached hydrogens (tertiary/aromatic N) is 1. The number of methoxy groups -OCH3 is 1. The van der Waals surface area contributed by atoms with E-state index in [2.05, 4.69) is 11.9 Å². The van der Waals surface area contributed by atoms with Gasteiger partial charge in [0.15, 0.2) is 17.6 Å². The molecule has 2 amide bonds. The molecular weight excluding hydrogens is 457 g/mol. The Morgan fingerprint density at radius 1 is 1.21 bits per heavy atom. The highest BCUT2D eigenvalue weighted by atomic mass is 19.4. The van der Waals surface area contributed by atoms with Crippen LogP contribution in [0.2, 0.25) is 0 Å². The second-order valence-corrected chi connectivity index (χ2v) is 7.22. The van der Waals surface area contributed by atoms with E-state index in [9.17, 15) is 27.6 Å². The molecular formula is C23H21F3N2O6. The van der Waals surface area contributed by atoms with Crippen LogP contribution in [0.5, 0.6) is 11.5 Å². The highest BCUT2D eigenvalue weighted by molar-refractivity contribution is 6.11. The van der Waals surface area contributed by atoms with Gasteiger partial charge in [0.1, 0.15) is 13.2 Å². The average Bonchev–Trinajstić information content (AvgIpc) is 2.80. The zero-order valence-electron chi connectivity index (χ0n) is 18.3. The molecule has 1 N–H and O–H groups in total. The summed E-state index contributed by atoms with van der Waals surface area (Å²) in [7, 11) is 1.39.